The van der Waals surface area contributed by atoms with Crippen LogP contribution in [-0.4, -0.2) is 33.8 Å². The van der Waals surface area contributed by atoms with E-state index in [9.17, 15) is 19.5 Å². The van der Waals surface area contributed by atoms with Crippen LogP contribution >= 0.6 is 11.3 Å². The molecule has 0 bridgehead atoms. The van der Waals surface area contributed by atoms with Crippen LogP contribution in [0.1, 0.15) is 32.6 Å². The van der Waals surface area contributed by atoms with Crippen LogP contribution in [0.4, 0.5) is 0 Å². The zero-order chi connectivity index (χ0) is 18.0. The van der Waals surface area contributed by atoms with Gasteiger partial charge in [0, 0.05) is 24.8 Å². The standard InChI is InChI=1S/C18H18N2O4S/c1-11(21)19-9-14-6-7-16(25-14)17(22)20-10-13-5-3-2-4-12(13)8-15(20)18(23)24/h2-7,15H,8-10H2,1H3,(H,19,21)(H,23,24)/t15-/m0/s1. The van der Waals surface area contributed by atoms with Crippen LogP contribution in [0.2, 0.25) is 0 Å². The molecule has 0 radical (unpaired) electrons. The molecule has 2 heterocycles. The van der Waals surface area contributed by atoms with E-state index in [2.05, 4.69) is 5.32 Å². The molecule has 0 saturated heterocycles. The summed E-state index contributed by atoms with van der Waals surface area (Å²) >= 11 is 1.27. The number of fused-ring (bicyclic) bond motifs is 1. The molecule has 7 heteroatoms. The summed E-state index contributed by atoms with van der Waals surface area (Å²) < 4.78 is 0. The first kappa shape index (κ1) is 17.2. The molecule has 1 aliphatic rings. The van der Waals surface area contributed by atoms with Gasteiger partial charge in [0.25, 0.3) is 5.91 Å². The summed E-state index contributed by atoms with van der Waals surface area (Å²) in [5.41, 5.74) is 1.94. The zero-order valence-electron chi connectivity index (χ0n) is 13.7. The fourth-order valence-corrected chi connectivity index (χ4v) is 3.80. The third-order valence-corrected chi connectivity index (χ3v) is 5.25. The SMILES string of the molecule is CC(=O)NCc1ccc(C(=O)N2Cc3ccccc3C[C@H]2C(=O)O)s1. The number of carbonyl (C=O) groups is 3. The summed E-state index contributed by atoms with van der Waals surface area (Å²) in [5.74, 6) is -1.43. The Morgan fingerprint density at radius 3 is 2.60 bits per heavy atom. The van der Waals surface area contributed by atoms with Gasteiger partial charge >= 0.3 is 5.97 Å². The Morgan fingerprint density at radius 2 is 1.92 bits per heavy atom. The van der Waals surface area contributed by atoms with Gasteiger partial charge in [-0.25, -0.2) is 4.79 Å². The van der Waals surface area contributed by atoms with Crippen molar-refractivity contribution in [3.05, 3.63) is 57.3 Å². The minimum Gasteiger partial charge on any atom is -0.480 e. The molecule has 2 N–H and O–H groups in total. The van der Waals surface area contributed by atoms with Crippen LogP contribution < -0.4 is 5.32 Å². The molecule has 2 aromatic rings. The van der Waals surface area contributed by atoms with Gasteiger partial charge in [0.05, 0.1) is 11.4 Å². The van der Waals surface area contributed by atoms with E-state index in [0.29, 0.717) is 17.8 Å². The van der Waals surface area contributed by atoms with Gasteiger partial charge in [-0.15, -0.1) is 11.3 Å². The van der Waals surface area contributed by atoms with E-state index in [-0.39, 0.29) is 18.4 Å². The van der Waals surface area contributed by atoms with Crippen molar-refractivity contribution < 1.29 is 19.5 Å². The second-order valence-electron chi connectivity index (χ2n) is 5.94. The number of hydrogen-bond acceptors (Lipinski definition) is 4. The number of thiophene rings is 1. The number of nitrogens with zero attached hydrogens (tertiary/aromatic N) is 1. The molecule has 2 amide bonds. The van der Waals surface area contributed by atoms with Crippen molar-refractivity contribution in [1.29, 1.82) is 0 Å². The highest BCUT2D eigenvalue weighted by molar-refractivity contribution is 7.14. The summed E-state index contributed by atoms with van der Waals surface area (Å²) in [7, 11) is 0. The normalized spacial score (nSPS) is 16.2. The molecule has 0 saturated carbocycles. The summed E-state index contributed by atoms with van der Waals surface area (Å²) in [6.45, 7) is 2.08. The first-order valence-corrected chi connectivity index (χ1v) is 8.71. The third-order valence-electron chi connectivity index (χ3n) is 4.18. The number of carboxylic acids is 1. The number of carbonyl (C=O) groups excluding carboxylic acids is 2. The molecule has 0 fully saturated rings. The first-order chi connectivity index (χ1) is 12.0. The van der Waals surface area contributed by atoms with Gasteiger partial charge in [0.2, 0.25) is 5.91 Å². The van der Waals surface area contributed by atoms with Crippen molar-refractivity contribution in [3.63, 3.8) is 0 Å². The van der Waals surface area contributed by atoms with Crippen LogP contribution in [0.25, 0.3) is 0 Å². The highest BCUT2D eigenvalue weighted by Crippen LogP contribution is 2.27. The van der Waals surface area contributed by atoms with E-state index in [4.69, 9.17) is 0 Å². The molecule has 1 aromatic carbocycles. The quantitative estimate of drug-likeness (QED) is 0.876. The Kier molecular flexibility index (Phi) is 4.85. The second kappa shape index (κ2) is 7.06. The van der Waals surface area contributed by atoms with E-state index in [1.165, 1.54) is 23.2 Å². The molecule has 1 aliphatic heterocycles. The molecular weight excluding hydrogens is 340 g/mol. The van der Waals surface area contributed by atoms with Gasteiger partial charge in [0.15, 0.2) is 0 Å². The number of benzene rings is 1. The summed E-state index contributed by atoms with van der Waals surface area (Å²) in [6.07, 6.45) is 0.307. The number of amides is 2. The molecule has 130 valence electrons. The third kappa shape index (κ3) is 3.71. The van der Waals surface area contributed by atoms with Crippen LogP contribution in [-0.2, 0) is 29.1 Å². The number of nitrogens with one attached hydrogen (secondary N) is 1. The van der Waals surface area contributed by atoms with Crippen molar-refractivity contribution in [3.8, 4) is 0 Å². The fraction of sp³-hybridized carbons (Fsp3) is 0.278. The molecule has 1 atom stereocenters. The maximum absolute atomic E-state index is 12.9. The number of carboxylic acid groups (broad SMARTS) is 1. The van der Waals surface area contributed by atoms with E-state index < -0.39 is 12.0 Å². The minimum atomic E-state index is -1.00. The smallest absolute Gasteiger partial charge is 0.326 e. The average Bonchev–Trinajstić information content (AvgIpc) is 3.07. The fourth-order valence-electron chi connectivity index (χ4n) is 2.90. The molecule has 25 heavy (non-hydrogen) atoms. The summed E-state index contributed by atoms with van der Waals surface area (Å²) in [6, 6.07) is 10.2. The predicted octanol–water partition coefficient (Wildman–Crippen LogP) is 2.04. The lowest BCUT2D eigenvalue weighted by Crippen LogP contribution is -2.48. The largest absolute Gasteiger partial charge is 0.480 e. The van der Waals surface area contributed by atoms with Gasteiger partial charge in [-0.2, -0.15) is 0 Å². The first-order valence-electron chi connectivity index (χ1n) is 7.89. The number of aliphatic carboxylic acids is 1. The lowest BCUT2D eigenvalue weighted by molar-refractivity contribution is -0.142. The van der Waals surface area contributed by atoms with Crippen LogP contribution in [0.3, 0.4) is 0 Å². The average molecular weight is 358 g/mol. The molecule has 0 unspecified atom stereocenters. The Hall–Kier alpha value is -2.67. The predicted molar refractivity (Wildman–Crippen MR) is 93.3 cm³/mol. The van der Waals surface area contributed by atoms with Gasteiger partial charge < -0.3 is 15.3 Å². The molecular formula is C18H18N2O4S. The maximum atomic E-state index is 12.9. The second-order valence-corrected chi connectivity index (χ2v) is 7.10. The van der Waals surface area contributed by atoms with Crippen molar-refractivity contribution in [2.24, 2.45) is 0 Å². The lowest BCUT2D eigenvalue weighted by Gasteiger charge is -2.34. The number of hydrogen-bond donors (Lipinski definition) is 2. The lowest BCUT2D eigenvalue weighted by atomic mass is 9.94. The zero-order valence-corrected chi connectivity index (χ0v) is 14.5. The van der Waals surface area contributed by atoms with Gasteiger partial charge in [-0.1, -0.05) is 24.3 Å². The van der Waals surface area contributed by atoms with Gasteiger partial charge in [-0.3, -0.25) is 9.59 Å². The molecule has 3 rings (SSSR count). The molecule has 0 spiro atoms. The monoisotopic (exact) mass is 358 g/mol. The highest BCUT2D eigenvalue weighted by Gasteiger charge is 2.35. The van der Waals surface area contributed by atoms with Crippen LogP contribution in [0.5, 0.6) is 0 Å². The van der Waals surface area contributed by atoms with Gasteiger partial charge in [-0.05, 0) is 23.3 Å². The van der Waals surface area contributed by atoms with Crippen LogP contribution in [0, 0.1) is 0 Å². The van der Waals surface area contributed by atoms with Crippen molar-refractivity contribution in [2.75, 3.05) is 0 Å². The Morgan fingerprint density at radius 1 is 1.20 bits per heavy atom. The van der Waals surface area contributed by atoms with E-state index in [1.54, 1.807) is 12.1 Å². The minimum absolute atomic E-state index is 0.139. The Bertz CT molecular complexity index is 830. The van der Waals surface area contributed by atoms with E-state index in [1.807, 2.05) is 24.3 Å². The summed E-state index contributed by atoms with van der Waals surface area (Å²) in [4.78, 5) is 38.3. The topological polar surface area (TPSA) is 86.7 Å². The van der Waals surface area contributed by atoms with Crippen molar-refractivity contribution in [1.82, 2.24) is 10.2 Å². The van der Waals surface area contributed by atoms with Gasteiger partial charge in [0.1, 0.15) is 6.04 Å². The Labute approximate surface area is 149 Å². The van der Waals surface area contributed by atoms with E-state index in [0.717, 1.165) is 16.0 Å². The van der Waals surface area contributed by atoms with Crippen molar-refractivity contribution >= 4 is 29.1 Å². The van der Waals surface area contributed by atoms with Crippen LogP contribution in [0.15, 0.2) is 36.4 Å². The molecule has 1 aromatic heterocycles. The van der Waals surface area contributed by atoms with Crippen molar-refractivity contribution in [2.45, 2.75) is 32.5 Å². The number of rotatable bonds is 4. The van der Waals surface area contributed by atoms with E-state index >= 15 is 0 Å². The molecule has 0 aliphatic carbocycles. The summed E-state index contributed by atoms with van der Waals surface area (Å²) in [5, 5.41) is 12.2. The highest BCUT2D eigenvalue weighted by atomic mass is 32.1. The molecule has 6 nitrogen and oxygen atoms in total. The Balaban J connectivity index is 1.82. The maximum Gasteiger partial charge on any atom is 0.326 e.